The number of amides is 1. The van der Waals surface area contributed by atoms with Crippen LogP contribution in [0.3, 0.4) is 0 Å². The van der Waals surface area contributed by atoms with Gasteiger partial charge in [-0.2, -0.15) is 0 Å². The van der Waals surface area contributed by atoms with E-state index in [1.165, 1.54) is 0 Å². The quantitative estimate of drug-likeness (QED) is 0.885. The lowest BCUT2D eigenvalue weighted by molar-refractivity contribution is -0.120. The van der Waals surface area contributed by atoms with Gasteiger partial charge >= 0.3 is 0 Å². The third-order valence-electron chi connectivity index (χ3n) is 3.77. The first-order valence-corrected chi connectivity index (χ1v) is 8.29. The van der Waals surface area contributed by atoms with Gasteiger partial charge in [0.25, 0.3) is 5.91 Å². The van der Waals surface area contributed by atoms with Crippen LogP contribution in [0.4, 0.5) is 0 Å². The van der Waals surface area contributed by atoms with Crippen LogP contribution in [0, 0.1) is 0 Å². The Morgan fingerprint density at radius 1 is 1.33 bits per heavy atom. The van der Waals surface area contributed by atoms with Gasteiger partial charge < -0.3 is 15.4 Å². The van der Waals surface area contributed by atoms with E-state index in [0.29, 0.717) is 12.3 Å². The minimum absolute atomic E-state index is 0.0433. The molecule has 3 rings (SSSR count). The standard InChI is InChI=1S/C17H17N3O3S/c1-10-14(11(2)21)7-20-15(9-24-17(20)19-10)12-3-5-13(6-4-12)23-8-16(18)22/h3-6,9H,7-8H2,1-2H3,(H2,18,22). The maximum absolute atomic E-state index is 11.8. The Morgan fingerprint density at radius 3 is 2.67 bits per heavy atom. The largest absolute Gasteiger partial charge is 0.484 e. The summed E-state index contributed by atoms with van der Waals surface area (Å²) in [5.41, 5.74) is 8.56. The van der Waals surface area contributed by atoms with E-state index in [4.69, 9.17) is 10.5 Å². The van der Waals surface area contributed by atoms with Crippen LogP contribution in [0.25, 0.3) is 5.70 Å². The first-order valence-electron chi connectivity index (χ1n) is 7.41. The second kappa shape index (κ2) is 6.52. The molecule has 1 aromatic carbocycles. The van der Waals surface area contributed by atoms with E-state index in [0.717, 1.165) is 27.7 Å². The molecule has 0 aliphatic carbocycles. The van der Waals surface area contributed by atoms with Crippen molar-refractivity contribution in [1.82, 2.24) is 4.90 Å². The minimum atomic E-state index is -0.512. The molecule has 0 bridgehead atoms. The van der Waals surface area contributed by atoms with Crippen LogP contribution in [0.1, 0.15) is 19.4 Å². The fourth-order valence-corrected chi connectivity index (χ4v) is 3.49. The average molecular weight is 343 g/mol. The number of nitrogens with two attached hydrogens (primary N) is 1. The van der Waals surface area contributed by atoms with Crippen LogP contribution < -0.4 is 10.5 Å². The highest BCUT2D eigenvalue weighted by Gasteiger charge is 2.29. The summed E-state index contributed by atoms with van der Waals surface area (Å²) in [5, 5.41) is 2.90. The minimum Gasteiger partial charge on any atom is -0.484 e. The van der Waals surface area contributed by atoms with Gasteiger partial charge in [-0.3, -0.25) is 9.59 Å². The molecule has 0 spiro atoms. The Labute approximate surface area is 144 Å². The first-order chi connectivity index (χ1) is 11.5. The molecule has 7 heteroatoms. The van der Waals surface area contributed by atoms with Crippen molar-refractivity contribution in [2.45, 2.75) is 13.8 Å². The topological polar surface area (TPSA) is 85.0 Å². The summed E-state index contributed by atoms with van der Waals surface area (Å²) in [6.45, 7) is 3.81. The summed E-state index contributed by atoms with van der Waals surface area (Å²) in [6.07, 6.45) is 0. The number of allylic oxidation sites excluding steroid dienone is 1. The Balaban J connectivity index is 1.78. The summed E-state index contributed by atoms with van der Waals surface area (Å²) in [6, 6.07) is 7.39. The van der Waals surface area contributed by atoms with Gasteiger partial charge in [-0.25, -0.2) is 4.99 Å². The van der Waals surface area contributed by atoms with E-state index in [1.807, 2.05) is 29.4 Å². The molecule has 2 N–H and O–H groups in total. The number of benzene rings is 1. The molecule has 0 saturated carbocycles. The van der Waals surface area contributed by atoms with E-state index in [2.05, 4.69) is 4.99 Å². The lowest BCUT2D eigenvalue weighted by Crippen LogP contribution is -2.31. The van der Waals surface area contributed by atoms with Crippen molar-refractivity contribution >= 4 is 34.3 Å². The van der Waals surface area contributed by atoms with E-state index < -0.39 is 5.91 Å². The van der Waals surface area contributed by atoms with E-state index in [-0.39, 0.29) is 12.4 Å². The molecule has 2 heterocycles. The van der Waals surface area contributed by atoms with Crippen LogP contribution in [0.15, 0.2) is 45.9 Å². The highest BCUT2D eigenvalue weighted by molar-refractivity contribution is 8.16. The van der Waals surface area contributed by atoms with Crippen molar-refractivity contribution < 1.29 is 14.3 Å². The summed E-state index contributed by atoms with van der Waals surface area (Å²) < 4.78 is 5.27. The van der Waals surface area contributed by atoms with Gasteiger partial charge in [0.2, 0.25) is 0 Å². The zero-order valence-electron chi connectivity index (χ0n) is 13.4. The number of hydrogen-bond donors (Lipinski definition) is 1. The number of carbonyl (C=O) groups excluding carboxylic acids is 2. The Kier molecular flexibility index (Phi) is 4.44. The first kappa shape index (κ1) is 16.3. The third kappa shape index (κ3) is 3.21. The molecule has 0 atom stereocenters. The number of amidine groups is 1. The van der Waals surface area contributed by atoms with Crippen LogP contribution in [-0.2, 0) is 9.59 Å². The van der Waals surface area contributed by atoms with Crippen LogP contribution >= 0.6 is 11.8 Å². The number of nitrogens with zero attached hydrogens (tertiary/aromatic N) is 2. The second-order valence-corrected chi connectivity index (χ2v) is 6.34. The Bertz CT molecular complexity index is 794. The number of rotatable bonds is 5. The van der Waals surface area contributed by atoms with Gasteiger partial charge in [0.1, 0.15) is 5.75 Å². The summed E-state index contributed by atoms with van der Waals surface area (Å²) >= 11 is 1.54. The number of ether oxygens (including phenoxy) is 1. The van der Waals surface area contributed by atoms with Gasteiger partial charge in [-0.1, -0.05) is 11.8 Å². The summed E-state index contributed by atoms with van der Waals surface area (Å²) in [4.78, 5) is 29.1. The lowest BCUT2D eigenvalue weighted by atomic mass is 10.1. The number of aliphatic imine (C=N–C) groups is 1. The van der Waals surface area contributed by atoms with Gasteiger partial charge in [0, 0.05) is 16.7 Å². The Morgan fingerprint density at radius 2 is 2.04 bits per heavy atom. The normalized spacial score (nSPS) is 16.5. The van der Waals surface area contributed by atoms with E-state index >= 15 is 0 Å². The zero-order chi connectivity index (χ0) is 17.3. The molecule has 24 heavy (non-hydrogen) atoms. The van der Waals surface area contributed by atoms with Gasteiger partial charge in [-0.05, 0) is 43.7 Å². The molecular formula is C17H17N3O3S. The van der Waals surface area contributed by atoms with Crippen molar-refractivity contribution in [2.75, 3.05) is 13.2 Å². The van der Waals surface area contributed by atoms with Crippen LogP contribution in [0.2, 0.25) is 0 Å². The molecule has 1 amide bonds. The van der Waals surface area contributed by atoms with Crippen molar-refractivity contribution in [3.05, 3.63) is 46.5 Å². The molecule has 124 valence electrons. The number of hydrogen-bond acceptors (Lipinski definition) is 6. The molecule has 6 nitrogen and oxygen atoms in total. The maximum Gasteiger partial charge on any atom is 0.255 e. The predicted octanol–water partition coefficient (Wildman–Crippen LogP) is 2.13. The molecule has 0 radical (unpaired) electrons. The fraction of sp³-hybridized carbons (Fsp3) is 0.235. The number of primary amides is 1. The monoisotopic (exact) mass is 343 g/mol. The average Bonchev–Trinajstić information content (AvgIpc) is 2.95. The number of fused-ring (bicyclic) bond motifs is 1. The molecule has 0 fully saturated rings. The van der Waals surface area contributed by atoms with Crippen LogP contribution in [-0.4, -0.2) is 34.9 Å². The van der Waals surface area contributed by atoms with Gasteiger partial charge in [-0.15, -0.1) is 0 Å². The molecule has 0 aromatic heterocycles. The van der Waals surface area contributed by atoms with Crippen molar-refractivity contribution in [2.24, 2.45) is 10.7 Å². The predicted molar refractivity (Wildman–Crippen MR) is 94.2 cm³/mol. The molecule has 2 aliphatic rings. The van der Waals surface area contributed by atoms with Crippen molar-refractivity contribution in [3.8, 4) is 5.75 Å². The van der Waals surface area contributed by atoms with E-state index in [1.54, 1.807) is 30.8 Å². The summed E-state index contributed by atoms with van der Waals surface area (Å²) in [7, 11) is 0. The zero-order valence-corrected chi connectivity index (χ0v) is 14.2. The smallest absolute Gasteiger partial charge is 0.255 e. The molecular weight excluding hydrogens is 326 g/mol. The highest BCUT2D eigenvalue weighted by Crippen LogP contribution is 2.37. The molecule has 2 aliphatic heterocycles. The van der Waals surface area contributed by atoms with Crippen molar-refractivity contribution in [1.29, 1.82) is 0 Å². The third-order valence-corrected chi connectivity index (χ3v) is 4.63. The van der Waals surface area contributed by atoms with Gasteiger partial charge in [0.05, 0.1) is 12.2 Å². The van der Waals surface area contributed by atoms with Crippen molar-refractivity contribution in [3.63, 3.8) is 0 Å². The number of ketones is 1. The van der Waals surface area contributed by atoms with Crippen LogP contribution in [0.5, 0.6) is 5.75 Å². The number of carbonyl (C=O) groups is 2. The molecule has 1 aromatic rings. The summed E-state index contributed by atoms with van der Waals surface area (Å²) in [5.74, 6) is 0.111. The lowest BCUT2D eigenvalue weighted by Gasteiger charge is -2.27. The van der Waals surface area contributed by atoms with E-state index in [9.17, 15) is 9.59 Å². The highest BCUT2D eigenvalue weighted by atomic mass is 32.2. The second-order valence-electron chi connectivity index (χ2n) is 5.50. The maximum atomic E-state index is 11.8. The number of Topliss-reactive ketones (excluding diaryl/α,β-unsaturated/α-hetero) is 1. The Hall–Kier alpha value is -2.54. The number of thioether (sulfide) groups is 1. The van der Waals surface area contributed by atoms with Gasteiger partial charge in [0.15, 0.2) is 17.6 Å². The molecule has 0 unspecified atom stereocenters. The fourth-order valence-electron chi connectivity index (χ4n) is 2.53. The molecule has 0 saturated heterocycles. The SMILES string of the molecule is CC(=O)C1=C(C)N=C2SC=C(c3ccc(OCC(N)=O)cc3)N2C1.